The van der Waals surface area contributed by atoms with Crippen molar-refractivity contribution >= 4 is 11.6 Å². The highest BCUT2D eigenvalue weighted by atomic mass is 35.5. The van der Waals surface area contributed by atoms with Crippen LogP contribution in [0.5, 0.6) is 0 Å². The van der Waals surface area contributed by atoms with E-state index in [0.29, 0.717) is 24.0 Å². The molecular weight excluding hydrogens is 258 g/mol. The van der Waals surface area contributed by atoms with E-state index in [1.54, 1.807) is 0 Å². The lowest BCUT2D eigenvalue weighted by atomic mass is 9.75. The van der Waals surface area contributed by atoms with E-state index in [4.69, 9.17) is 16.7 Å². The maximum Gasteiger partial charge on any atom is 0.0436 e. The molecule has 3 heteroatoms. The molecule has 0 aliphatic heterocycles. The van der Waals surface area contributed by atoms with Gasteiger partial charge in [-0.25, -0.2) is 0 Å². The first kappa shape index (κ1) is 13.4. The first-order chi connectivity index (χ1) is 9.21. The Morgan fingerprint density at radius 1 is 1.32 bits per heavy atom. The highest BCUT2D eigenvalue weighted by Crippen LogP contribution is 2.48. The van der Waals surface area contributed by atoms with Gasteiger partial charge in [0.05, 0.1) is 0 Å². The molecule has 2 aliphatic rings. The quantitative estimate of drug-likeness (QED) is 0.837. The van der Waals surface area contributed by atoms with Gasteiger partial charge in [0.1, 0.15) is 0 Å². The van der Waals surface area contributed by atoms with Crippen molar-refractivity contribution in [2.45, 2.75) is 44.1 Å². The molecule has 104 valence electrons. The van der Waals surface area contributed by atoms with Crippen molar-refractivity contribution in [3.05, 3.63) is 34.9 Å². The summed E-state index contributed by atoms with van der Waals surface area (Å²) < 4.78 is 0. The summed E-state index contributed by atoms with van der Waals surface area (Å²) in [5.41, 5.74) is 1.80. The zero-order valence-corrected chi connectivity index (χ0v) is 12.0. The topological polar surface area (TPSA) is 32.3 Å². The van der Waals surface area contributed by atoms with Gasteiger partial charge in [-0.05, 0) is 61.1 Å². The van der Waals surface area contributed by atoms with E-state index in [2.05, 4.69) is 17.4 Å². The SMILES string of the molecule is OCCC1(CNC2CC(c3cccc(Cl)c3)C2)CC1. The predicted octanol–water partition coefficient (Wildman–Crippen LogP) is 3.34. The second-order valence-electron chi connectivity index (χ2n) is 6.27. The van der Waals surface area contributed by atoms with Crippen molar-refractivity contribution in [2.75, 3.05) is 13.2 Å². The molecule has 1 aromatic rings. The number of halogens is 1. The molecule has 0 unspecified atom stereocenters. The third-order valence-corrected chi connectivity index (χ3v) is 5.06. The van der Waals surface area contributed by atoms with Crippen molar-refractivity contribution < 1.29 is 5.11 Å². The highest BCUT2D eigenvalue weighted by molar-refractivity contribution is 6.30. The Labute approximate surface area is 120 Å². The molecule has 3 rings (SSSR count). The fourth-order valence-electron chi connectivity index (χ4n) is 3.11. The Bertz CT molecular complexity index is 438. The second kappa shape index (κ2) is 5.43. The minimum absolute atomic E-state index is 0.331. The number of aliphatic hydroxyl groups excluding tert-OH is 1. The third kappa shape index (κ3) is 3.13. The number of hydrogen-bond donors (Lipinski definition) is 2. The van der Waals surface area contributed by atoms with Crippen LogP contribution in [0, 0.1) is 5.41 Å². The predicted molar refractivity (Wildman–Crippen MR) is 78.6 cm³/mol. The Balaban J connectivity index is 1.43. The first-order valence-electron chi connectivity index (χ1n) is 7.30. The monoisotopic (exact) mass is 279 g/mol. The smallest absolute Gasteiger partial charge is 0.0436 e. The van der Waals surface area contributed by atoms with E-state index >= 15 is 0 Å². The van der Waals surface area contributed by atoms with E-state index in [1.165, 1.54) is 31.2 Å². The Hall–Kier alpha value is -0.570. The molecule has 0 aromatic heterocycles. The maximum absolute atomic E-state index is 9.05. The molecule has 2 nitrogen and oxygen atoms in total. The van der Waals surface area contributed by atoms with Gasteiger partial charge in [-0.2, -0.15) is 0 Å². The summed E-state index contributed by atoms with van der Waals surface area (Å²) in [5, 5.41) is 13.6. The van der Waals surface area contributed by atoms with Gasteiger partial charge in [0.15, 0.2) is 0 Å². The number of aliphatic hydroxyl groups is 1. The van der Waals surface area contributed by atoms with E-state index in [0.717, 1.165) is 18.0 Å². The van der Waals surface area contributed by atoms with E-state index in [1.807, 2.05) is 12.1 Å². The molecule has 19 heavy (non-hydrogen) atoms. The summed E-state index contributed by atoms with van der Waals surface area (Å²) in [7, 11) is 0. The highest BCUT2D eigenvalue weighted by Gasteiger charge is 2.42. The number of rotatable bonds is 6. The van der Waals surface area contributed by atoms with Crippen LogP contribution in [0.1, 0.15) is 43.6 Å². The second-order valence-corrected chi connectivity index (χ2v) is 6.71. The summed E-state index contributed by atoms with van der Waals surface area (Å²) in [4.78, 5) is 0. The number of nitrogens with one attached hydrogen (secondary N) is 1. The summed E-state index contributed by atoms with van der Waals surface area (Å²) >= 11 is 6.03. The lowest BCUT2D eigenvalue weighted by Gasteiger charge is -2.37. The summed E-state index contributed by atoms with van der Waals surface area (Å²) in [5.74, 6) is 0.671. The molecule has 2 N–H and O–H groups in total. The fraction of sp³-hybridized carbons (Fsp3) is 0.625. The van der Waals surface area contributed by atoms with E-state index in [-0.39, 0.29) is 0 Å². The molecule has 2 aliphatic carbocycles. The van der Waals surface area contributed by atoms with Crippen molar-refractivity contribution in [2.24, 2.45) is 5.41 Å². The zero-order valence-electron chi connectivity index (χ0n) is 11.2. The van der Waals surface area contributed by atoms with Gasteiger partial charge in [-0.15, -0.1) is 0 Å². The molecule has 0 atom stereocenters. The van der Waals surface area contributed by atoms with Crippen molar-refractivity contribution in [3.8, 4) is 0 Å². The molecule has 1 aromatic carbocycles. The molecule has 0 radical (unpaired) electrons. The summed E-state index contributed by atoms with van der Waals surface area (Å²) in [6.45, 7) is 1.41. The first-order valence-corrected chi connectivity index (χ1v) is 7.68. The van der Waals surface area contributed by atoms with Gasteiger partial charge < -0.3 is 10.4 Å². The van der Waals surface area contributed by atoms with Crippen LogP contribution in [0.25, 0.3) is 0 Å². The van der Waals surface area contributed by atoms with Gasteiger partial charge >= 0.3 is 0 Å². The fourth-order valence-corrected chi connectivity index (χ4v) is 3.31. The molecule has 0 spiro atoms. The molecule has 0 heterocycles. The van der Waals surface area contributed by atoms with Crippen LogP contribution in [-0.2, 0) is 0 Å². The minimum Gasteiger partial charge on any atom is -0.396 e. The van der Waals surface area contributed by atoms with Crippen LogP contribution in [-0.4, -0.2) is 24.3 Å². The average molecular weight is 280 g/mol. The van der Waals surface area contributed by atoms with Crippen molar-refractivity contribution in [1.29, 1.82) is 0 Å². The molecular formula is C16H22ClNO. The zero-order chi connectivity index (χ0) is 13.3. The van der Waals surface area contributed by atoms with Crippen LogP contribution < -0.4 is 5.32 Å². The van der Waals surface area contributed by atoms with Gasteiger partial charge in [0.2, 0.25) is 0 Å². The lowest BCUT2D eigenvalue weighted by Crippen LogP contribution is -2.42. The molecule has 2 saturated carbocycles. The van der Waals surface area contributed by atoms with Crippen LogP contribution in [0.15, 0.2) is 24.3 Å². The average Bonchev–Trinajstić information content (AvgIpc) is 3.08. The Morgan fingerprint density at radius 2 is 2.11 bits per heavy atom. The largest absolute Gasteiger partial charge is 0.396 e. The van der Waals surface area contributed by atoms with Gasteiger partial charge in [-0.1, -0.05) is 23.7 Å². The van der Waals surface area contributed by atoms with Crippen LogP contribution in [0.3, 0.4) is 0 Å². The Kier molecular flexibility index (Phi) is 3.84. The van der Waals surface area contributed by atoms with Crippen LogP contribution in [0.4, 0.5) is 0 Å². The number of hydrogen-bond acceptors (Lipinski definition) is 2. The maximum atomic E-state index is 9.05. The lowest BCUT2D eigenvalue weighted by molar-refractivity contribution is 0.224. The minimum atomic E-state index is 0.331. The van der Waals surface area contributed by atoms with Crippen molar-refractivity contribution in [3.63, 3.8) is 0 Å². The summed E-state index contributed by atoms with van der Waals surface area (Å²) in [6.07, 6.45) is 5.96. The van der Waals surface area contributed by atoms with Crippen LogP contribution in [0.2, 0.25) is 5.02 Å². The molecule has 0 bridgehead atoms. The standard InChI is InChI=1S/C16H22ClNO/c17-14-3-1-2-12(8-14)13-9-15(10-13)18-11-16(4-5-16)6-7-19/h1-3,8,13,15,18-19H,4-7,9-11H2. The molecule has 2 fully saturated rings. The van der Waals surface area contributed by atoms with E-state index < -0.39 is 0 Å². The van der Waals surface area contributed by atoms with Gasteiger partial charge in [0, 0.05) is 24.2 Å². The number of benzene rings is 1. The molecule has 0 amide bonds. The third-order valence-electron chi connectivity index (χ3n) is 4.82. The summed E-state index contributed by atoms with van der Waals surface area (Å²) in [6, 6.07) is 8.90. The van der Waals surface area contributed by atoms with Gasteiger partial charge in [-0.3, -0.25) is 0 Å². The van der Waals surface area contributed by atoms with E-state index in [9.17, 15) is 0 Å². The van der Waals surface area contributed by atoms with Gasteiger partial charge in [0.25, 0.3) is 0 Å². The normalized spacial score (nSPS) is 27.9. The Morgan fingerprint density at radius 3 is 2.74 bits per heavy atom. The molecule has 0 saturated heterocycles. The van der Waals surface area contributed by atoms with Crippen molar-refractivity contribution in [1.82, 2.24) is 5.32 Å². The van der Waals surface area contributed by atoms with Crippen LogP contribution >= 0.6 is 11.6 Å².